The second-order valence-electron chi connectivity index (χ2n) is 5.36. The van der Waals surface area contributed by atoms with E-state index in [0.717, 1.165) is 25.4 Å². The Kier molecular flexibility index (Phi) is 4.62. The molecule has 0 aromatic carbocycles. The molecule has 2 aliphatic heterocycles. The molecule has 0 radical (unpaired) electrons. The Morgan fingerprint density at radius 2 is 2.25 bits per heavy atom. The Hall–Kier alpha value is -0.120. The topological polar surface area (TPSA) is 35.5 Å². The van der Waals surface area contributed by atoms with Crippen molar-refractivity contribution in [2.45, 2.75) is 63.6 Å². The molecule has 0 aromatic heterocycles. The predicted octanol–water partition coefficient (Wildman–Crippen LogP) is 1.36. The molecule has 2 heterocycles. The van der Waals surface area contributed by atoms with Gasteiger partial charge in [-0.25, -0.2) is 0 Å². The van der Waals surface area contributed by atoms with Crippen molar-refractivity contribution >= 4 is 0 Å². The van der Waals surface area contributed by atoms with E-state index >= 15 is 0 Å². The molecule has 0 amide bonds. The van der Waals surface area contributed by atoms with Gasteiger partial charge in [-0.1, -0.05) is 6.92 Å². The Morgan fingerprint density at radius 3 is 3.06 bits per heavy atom. The maximum atomic E-state index is 9.49. The van der Waals surface area contributed by atoms with Crippen LogP contribution in [0, 0.1) is 0 Å². The van der Waals surface area contributed by atoms with E-state index in [0.29, 0.717) is 6.04 Å². The Morgan fingerprint density at radius 1 is 1.38 bits per heavy atom. The van der Waals surface area contributed by atoms with Crippen LogP contribution in [0.1, 0.15) is 45.4 Å². The van der Waals surface area contributed by atoms with Gasteiger partial charge in [0.15, 0.2) is 0 Å². The fraction of sp³-hybridized carbons (Fsp3) is 1.00. The van der Waals surface area contributed by atoms with Crippen molar-refractivity contribution in [3.05, 3.63) is 0 Å². The van der Waals surface area contributed by atoms with Crippen molar-refractivity contribution in [3.63, 3.8) is 0 Å². The Labute approximate surface area is 99.2 Å². The van der Waals surface area contributed by atoms with Crippen molar-refractivity contribution in [2.75, 3.05) is 19.6 Å². The molecule has 2 fully saturated rings. The molecule has 2 saturated heterocycles. The zero-order chi connectivity index (χ0) is 11.4. The van der Waals surface area contributed by atoms with Crippen molar-refractivity contribution in [1.82, 2.24) is 10.2 Å². The number of hydrogen-bond donors (Lipinski definition) is 2. The van der Waals surface area contributed by atoms with E-state index in [1.165, 1.54) is 38.8 Å². The summed E-state index contributed by atoms with van der Waals surface area (Å²) in [6, 6.07) is 1.55. The Bertz CT molecular complexity index is 210. The molecular weight excluding hydrogens is 200 g/mol. The number of aliphatic hydroxyl groups is 1. The fourth-order valence-corrected chi connectivity index (χ4v) is 3.07. The van der Waals surface area contributed by atoms with Crippen LogP contribution in [0.3, 0.4) is 0 Å². The number of nitrogens with zero attached hydrogens (tertiary/aromatic N) is 1. The van der Waals surface area contributed by atoms with Gasteiger partial charge < -0.3 is 15.3 Å². The lowest BCUT2D eigenvalue weighted by atomic mass is 9.97. The standard InChI is InChI=1S/C13H26N2O/c1-2-13(16)5-7-14-11-6-9-15-8-3-4-12(15)10-11/h11-14,16H,2-10H2,1H3. The number of hydrogen-bond acceptors (Lipinski definition) is 3. The van der Waals surface area contributed by atoms with E-state index in [-0.39, 0.29) is 6.10 Å². The molecule has 3 unspecified atom stereocenters. The largest absolute Gasteiger partial charge is 0.393 e. The maximum Gasteiger partial charge on any atom is 0.0549 e. The van der Waals surface area contributed by atoms with Crippen LogP contribution < -0.4 is 5.32 Å². The minimum atomic E-state index is -0.112. The highest BCUT2D eigenvalue weighted by Crippen LogP contribution is 2.26. The van der Waals surface area contributed by atoms with Crippen LogP contribution >= 0.6 is 0 Å². The van der Waals surface area contributed by atoms with Crippen LogP contribution in [0.15, 0.2) is 0 Å². The zero-order valence-electron chi connectivity index (χ0n) is 10.5. The highest BCUT2D eigenvalue weighted by molar-refractivity contribution is 4.89. The average molecular weight is 226 g/mol. The van der Waals surface area contributed by atoms with Gasteiger partial charge in [-0.05, 0) is 58.2 Å². The van der Waals surface area contributed by atoms with Gasteiger partial charge in [0.05, 0.1) is 6.10 Å². The van der Waals surface area contributed by atoms with Crippen LogP contribution in [0.5, 0.6) is 0 Å². The van der Waals surface area contributed by atoms with E-state index in [1.54, 1.807) is 0 Å². The van der Waals surface area contributed by atoms with Crippen LogP contribution in [0.2, 0.25) is 0 Å². The molecule has 0 aliphatic carbocycles. The van der Waals surface area contributed by atoms with Gasteiger partial charge in [-0.3, -0.25) is 0 Å². The predicted molar refractivity (Wildman–Crippen MR) is 66.5 cm³/mol. The second kappa shape index (κ2) is 5.99. The fourth-order valence-electron chi connectivity index (χ4n) is 3.07. The van der Waals surface area contributed by atoms with Crippen molar-refractivity contribution in [1.29, 1.82) is 0 Å². The third kappa shape index (κ3) is 3.19. The van der Waals surface area contributed by atoms with Crippen molar-refractivity contribution in [2.24, 2.45) is 0 Å². The summed E-state index contributed by atoms with van der Waals surface area (Å²) in [5.41, 5.74) is 0. The molecule has 94 valence electrons. The smallest absolute Gasteiger partial charge is 0.0549 e. The molecule has 0 spiro atoms. The van der Waals surface area contributed by atoms with Gasteiger partial charge in [0.2, 0.25) is 0 Å². The first-order valence-corrected chi connectivity index (χ1v) is 6.95. The summed E-state index contributed by atoms with van der Waals surface area (Å²) in [5, 5.41) is 13.1. The maximum absolute atomic E-state index is 9.49. The third-order valence-corrected chi connectivity index (χ3v) is 4.20. The lowest BCUT2D eigenvalue weighted by Crippen LogP contribution is -2.46. The molecule has 0 aromatic rings. The summed E-state index contributed by atoms with van der Waals surface area (Å²) in [4.78, 5) is 2.65. The molecule has 3 nitrogen and oxygen atoms in total. The normalized spacial score (nSPS) is 32.6. The van der Waals surface area contributed by atoms with Gasteiger partial charge in [0.1, 0.15) is 0 Å². The average Bonchev–Trinajstić information content (AvgIpc) is 2.76. The van der Waals surface area contributed by atoms with Crippen molar-refractivity contribution < 1.29 is 5.11 Å². The summed E-state index contributed by atoms with van der Waals surface area (Å²) in [7, 11) is 0. The highest BCUT2D eigenvalue weighted by Gasteiger charge is 2.31. The van der Waals surface area contributed by atoms with Gasteiger partial charge >= 0.3 is 0 Å². The van der Waals surface area contributed by atoms with E-state index in [4.69, 9.17) is 0 Å². The van der Waals surface area contributed by atoms with Gasteiger partial charge in [-0.15, -0.1) is 0 Å². The van der Waals surface area contributed by atoms with Gasteiger partial charge in [0, 0.05) is 12.1 Å². The first-order chi connectivity index (χ1) is 7.79. The second-order valence-corrected chi connectivity index (χ2v) is 5.36. The lowest BCUT2D eigenvalue weighted by Gasteiger charge is -2.35. The molecular formula is C13H26N2O. The summed E-state index contributed by atoms with van der Waals surface area (Å²) >= 11 is 0. The number of piperidine rings is 1. The van der Waals surface area contributed by atoms with Gasteiger partial charge in [0.25, 0.3) is 0 Å². The SMILES string of the molecule is CCC(O)CCNC1CCN2CCCC2C1. The number of rotatable bonds is 5. The molecule has 0 saturated carbocycles. The number of fused-ring (bicyclic) bond motifs is 1. The quantitative estimate of drug-likeness (QED) is 0.743. The number of nitrogens with one attached hydrogen (secondary N) is 1. The minimum Gasteiger partial charge on any atom is -0.393 e. The third-order valence-electron chi connectivity index (χ3n) is 4.20. The highest BCUT2D eigenvalue weighted by atomic mass is 16.3. The van der Waals surface area contributed by atoms with Crippen LogP contribution in [0.25, 0.3) is 0 Å². The zero-order valence-corrected chi connectivity index (χ0v) is 10.5. The molecule has 2 aliphatic rings. The van der Waals surface area contributed by atoms with E-state index in [2.05, 4.69) is 10.2 Å². The molecule has 3 atom stereocenters. The lowest BCUT2D eigenvalue weighted by molar-refractivity contribution is 0.145. The van der Waals surface area contributed by atoms with E-state index in [9.17, 15) is 5.11 Å². The summed E-state index contributed by atoms with van der Waals surface area (Å²) in [6.07, 6.45) is 7.08. The van der Waals surface area contributed by atoms with Crippen LogP contribution in [-0.4, -0.2) is 47.8 Å². The van der Waals surface area contributed by atoms with Crippen LogP contribution in [0.4, 0.5) is 0 Å². The first-order valence-electron chi connectivity index (χ1n) is 6.95. The monoisotopic (exact) mass is 226 g/mol. The van der Waals surface area contributed by atoms with E-state index in [1.807, 2.05) is 6.92 Å². The molecule has 2 rings (SSSR count). The molecule has 16 heavy (non-hydrogen) atoms. The van der Waals surface area contributed by atoms with E-state index < -0.39 is 0 Å². The summed E-state index contributed by atoms with van der Waals surface area (Å²) in [6.45, 7) is 5.62. The number of aliphatic hydroxyl groups excluding tert-OH is 1. The van der Waals surface area contributed by atoms with Crippen molar-refractivity contribution in [3.8, 4) is 0 Å². The summed E-state index contributed by atoms with van der Waals surface area (Å²) < 4.78 is 0. The molecule has 0 bridgehead atoms. The van der Waals surface area contributed by atoms with Gasteiger partial charge in [-0.2, -0.15) is 0 Å². The summed E-state index contributed by atoms with van der Waals surface area (Å²) in [5.74, 6) is 0. The molecule has 3 heteroatoms. The first kappa shape index (κ1) is 12.3. The minimum absolute atomic E-state index is 0.112. The van der Waals surface area contributed by atoms with Crippen LogP contribution in [-0.2, 0) is 0 Å². The Balaban J connectivity index is 1.63. The molecule has 2 N–H and O–H groups in total.